The fourth-order valence-electron chi connectivity index (χ4n) is 4.33. The Balaban J connectivity index is 1.95. The fraction of sp³-hybridized carbons (Fsp3) is 0.556. The minimum Gasteiger partial charge on any atom is -0.481 e. The minimum absolute atomic E-state index is 0.00772. The molecule has 0 saturated carbocycles. The second-order valence-corrected chi connectivity index (χ2v) is 10.2. The Hall–Kier alpha value is -3.97. The molecule has 4 N–H and O–H groups in total. The molecule has 2 rings (SSSR count). The van der Waals surface area contributed by atoms with Gasteiger partial charge in [-0.25, -0.2) is 0 Å². The van der Waals surface area contributed by atoms with E-state index < -0.39 is 65.6 Å². The zero-order valence-electron chi connectivity index (χ0n) is 23.0. The second kappa shape index (κ2) is 14.6. The van der Waals surface area contributed by atoms with Crippen molar-refractivity contribution in [2.75, 3.05) is 13.1 Å². The quantitative estimate of drug-likeness (QED) is 0.258. The maximum absolute atomic E-state index is 13.1. The summed E-state index contributed by atoms with van der Waals surface area (Å²) in [5.74, 6) is -6.33. The zero-order chi connectivity index (χ0) is 30.9. The van der Waals surface area contributed by atoms with Crippen LogP contribution in [0.3, 0.4) is 0 Å². The molecule has 3 atom stereocenters. The van der Waals surface area contributed by atoms with Gasteiger partial charge >= 0.3 is 12.1 Å². The third-order valence-corrected chi connectivity index (χ3v) is 6.60. The number of nitrogens with zero attached hydrogens (tertiary/aromatic N) is 1. The van der Waals surface area contributed by atoms with Gasteiger partial charge in [-0.3, -0.25) is 28.8 Å². The Morgan fingerprint density at radius 3 is 2.07 bits per heavy atom. The molecule has 1 fully saturated rings. The molecule has 4 amide bonds. The number of nitrogens with one attached hydrogen (secondary N) is 3. The number of rotatable bonds is 13. The van der Waals surface area contributed by atoms with Crippen LogP contribution < -0.4 is 16.0 Å². The van der Waals surface area contributed by atoms with E-state index >= 15 is 0 Å². The summed E-state index contributed by atoms with van der Waals surface area (Å²) in [7, 11) is 0. The van der Waals surface area contributed by atoms with Crippen molar-refractivity contribution < 1.29 is 47.0 Å². The van der Waals surface area contributed by atoms with Crippen LogP contribution in [0.15, 0.2) is 24.3 Å². The molecule has 0 aromatic heterocycles. The van der Waals surface area contributed by atoms with Crippen LogP contribution in [0.1, 0.15) is 73.6 Å². The number of aliphatic carboxylic acids is 1. The molecular formula is C27H35F3N4O7. The molecule has 11 nitrogen and oxygen atoms in total. The van der Waals surface area contributed by atoms with E-state index in [2.05, 4.69) is 16.0 Å². The molecular weight excluding hydrogens is 549 g/mol. The van der Waals surface area contributed by atoms with Gasteiger partial charge in [0.05, 0.1) is 6.04 Å². The first-order chi connectivity index (χ1) is 19.1. The van der Waals surface area contributed by atoms with Crippen molar-refractivity contribution in [3.8, 4) is 0 Å². The van der Waals surface area contributed by atoms with E-state index in [1.807, 2.05) is 0 Å². The van der Waals surface area contributed by atoms with E-state index in [-0.39, 0.29) is 30.5 Å². The first kappa shape index (κ1) is 33.2. The maximum Gasteiger partial charge on any atom is 0.452 e. The lowest BCUT2D eigenvalue weighted by molar-refractivity contribution is -0.175. The summed E-state index contributed by atoms with van der Waals surface area (Å²) in [6, 6.07) is 1.65. The average molecular weight is 585 g/mol. The number of carboxylic acids is 1. The molecule has 0 radical (unpaired) electrons. The number of hydrogen-bond donors (Lipinski definition) is 4. The van der Waals surface area contributed by atoms with Crippen molar-refractivity contribution in [2.24, 2.45) is 5.92 Å². The van der Waals surface area contributed by atoms with Crippen LogP contribution in [0.25, 0.3) is 0 Å². The van der Waals surface area contributed by atoms with Crippen LogP contribution in [0.4, 0.5) is 13.2 Å². The fourth-order valence-corrected chi connectivity index (χ4v) is 4.33. The standard InChI is InChI=1S/C27H35F3N4O7/c1-15(2)21(22(37)27(28,29)30)33-25(40)19-7-6-14-34(19)26(41)16(3)32-24(39)18-11-9-17(10-12-18)23(38)31-13-5-4-8-20(35)36/h9-12,15-16,19,21H,4-8,13-14H2,1-3H3,(H,31,38)(H,32,39)(H,33,40)(H,35,36)/t16?,19-,21?/m0/s1. The number of carbonyl (C=O) groups is 6. The lowest BCUT2D eigenvalue weighted by Crippen LogP contribution is -2.56. The van der Waals surface area contributed by atoms with Gasteiger partial charge in [0.1, 0.15) is 12.1 Å². The van der Waals surface area contributed by atoms with Gasteiger partial charge < -0.3 is 26.0 Å². The normalized spacial score (nSPS) is 16.6. The first-order valence-electron chi connectivity index (χ1n) is 13.3. The first-order valence-corrected chi connectivity index (χ1v) is 13.3. The third-order valence-electron chi connectivity index (χ3n) is 6.60. The van der Waals surface area contributed by atoms with E-state index in [0.717, 1.165) is 0 Å². The van der Waals surface area contributed by atoms with Crippen molar-refractivity contribution in [3.63, 3.8) is 0 Å². The summed E-state index contributed by atoms with van der Waals surface area (Å²) < 4.78 is 38.9. The van der Waals surface area contributed by atoms with E-state index in [1.165, 1.54) is 49.9 Å². The number of likely N-dealkylation sites (tertiary alicyclic amines) is 1. The van der Waals surface area contributed by atoms with Crippen LogP contribution >= 0.6 is 0 Å². The van der Waals surface area contributed by atoms with Gasteiger partial charge in [-0.2, -0.15) is 13.2 Å². The lowest BCUT2D eigenvalue weighted by Gasteiger charge is -2.29. The molecule has 41 heavy (non-hydrogen) atoms. The van der Waals surface area contributed by atoms with E-state index in [0.29, 0.717) is 25.8 Å². The number of carbonyl (C=O) groups excluding carboxylic acids is 5. The Morgan fingerprint density at radius 2 is 1.54 bits per heavy atom. The van der Waals surface area contributed by atoms with E-state index in [9.17, 15) is 41.9 Å². The van der Waals surface area contributed by atoms with Gasteiger partial charge in [0.25, 0.3) is 17.6 Å². The molecule has 14 heteroatoms. The largest absolute Gasteiger partial charge is 0.481 e. The summed E-state index contributed by atoms with van der Waals surface area (Å²) in [6.45, 7) is 4.59. The SMILES string of the molecule is CC(NC(=O)c1ccc(C(=O)NCCCCC(=O)O)cc1)C(=O)N1CCC[C@H]1C(=O)NC(C(=O)C(F)(F)F)C(C)C. The average Bonchev–Trinajstić information content (AvgIpc) is 3.39. The molecule has 0 spiro atoms. The molecule has 1 aliphatic rings. The predicted octanol–water partition coefficient (Wildman–Crippen LogP) is 2.05. The van der Waals surface area contributed by atoms with Crippen molar-refractivity contribution >= 4 is 35.4 Å². The molecule has 226 valence electrons. The Kier molecular flexibility index (Phi) is 11.8. The molecule has 2 unspecified atom stereocenters. The van der Waals surface area contributed by atoms with Crippen LogP contribution in [-0.2, 0) is 19.2 Å². The van der Waals surface area contributed by atoms with Crippen molar-refractivity contribution in [1.29, 1.82) is 0 Å². The number of benzene rings is 1. The second-order valence-electron chi connectivity index (χ2n) is 10.2. The molecule has 1 saturated heterocycles. The summed E-state index contributed by atoms with van der Waals surface area (Å²) >= 11 is 0. The molecule has 0 aliphatic carbocycles. The van der Waals surface area contributed by atoms with Gasteiger partial charge in [0, 0.05) is 30.6 Å². The number of hydrogen-bond acceptors (Lipinski definition) is 6. The molecule has 1 aromatic carbocycles. The van der Waals surface area contributed by atoms with Gasteiger partial charge in [-0.05, 0) is 62.8 Å². The zero-order valence-corrected chi connectivity index (χ0v) is 23.0. The van der Waals surface area contributed by atoms with Crippen molar-refractivity contribution in [1.82, 2.24) is 20.9 Å². The molecule has 1 heterocycles. The number of ketones is 1. The lowest BCUT2D eigenvalue weighted by atomic mass is 9.98. The Labute approximate surface area is 235 Å². The van der Waals surface area contributed by atoms with Crippen LogP contribution in [0, 0.1) is 5.92 Å². The summed E-state index contributed by atoms with van der Waals surface area (Å²) in [5, 5.41) is 16.0. The van der Waals surface area contributed by atoms with Gasteiger partial charge in [0.2, 0.25) is 11.8 Å². The number of Topliss-reactive ketones (excluding diaryl/α,β-unsaturated/α-hetero) is 1. The smallest absolute Gasteiger partial charge is 0.452 e. The third kappa shape index (κ3) is 9.57. The molecule has 1 aliphatic heterocycles. The predicted molar refractivity (Wildman–Crippen MR) is 140 cm³/mol. The Morgan fingerprint density at radius 1 is 0.951 bits per heavy atom. The maximum atomic E-state index is 13.1. The Bertz CT molecular complexity index is 1140. The number of alkyl halides is 3. The topological polar surface area (TPSA) is 162 Å². The van der Waals surface area contributed by atoms with Crippen molar-refractivity contribution in [3.05, 3.63) is 35.4 Å². The van der Waals surface area contributed by atoms with Gasteiger partial charge in [-0.15, -0.1) is 0 Å². The highest BCUT2D eigenvalue weighted by molar-refractivity contribution is 6.00. The highest BCUT2D eigenvalue weighted by Crippen LogP contribution is 2.23. The van der Waals surface area contributed by atoms with Crippen LogP contribution in [-0.4, -0.2) is 82.8 Å². The highest BCUT2D eigenvalue weighted by Gasteiger charge is 2.46. The summed E-state index contributed by atoms with van der Waals surface area (Å²) in [5.41, 5.74) is 0.433. The summed E-state index contributed by atoms with van der Waals surface area (Å²) in [4.78, 5) is 74.3. The van der Waals surface area contributed by atoms with E-state index in [4.69, 9.17) is 5.11 Å². The monoisotopic (exact) mass is 584 g/mol. The highest BCUT2D eigenvalue weighted by atomic mass is 19.4. The number of carboxylic acid groups (broad SMARTS) is 1. The summed E-state index contributed by atoms with van der Waals surface area (Å²) in [6.07, 6.45) is -3.61. The van der Waals surface area contributed by atoms with Crippen molar-refractivity contribution in [2.45, 2.75) is 77.2 Å². The number of amides is 4. The van der Waals surface area contributed by atoms with Crippen LogP contribution in [0.5, 0.6) is 0 Å². The number of unbranched alkanes of at least 4 members (excludes halogenated alkanes) is 1. The van der Waals surface area contributed by atoms with E-state index in [1.54, 1.807) is 0 Å². The van der Waals surface area contributed by atoms with Crippen LogP contribution in [0.2, 0.25) is 0 Å². The molecule has 1 aromatic rings. The van der Waals surface area contributed by atoms with Gasteiger partial charge in [-0.1, -0.05) is 13.8 Å². The molecule has 0 bridgehead atoms. The van der Waals surface area contributed by atoms with Gasteiger partial charge in [0.15, 0.2) is 0 Å². The minimum atomic E-state index is -5.13. The number of halogens is 3.